The van der Waals surface area contributed by atoms with Crippen molar-refractivity contribution in [2.75, 3.05) is 0 Å². The fraction of sp³-hybridized carbons (Fsp3) is 0.188. The van der Waals surface area contributed by atoms with Gasteiger partial charge >= 0.3 is 0 Å². The van der Waals surface area contributed by atoms with E-state index < -0.39 is 10.8 Å². The van der Waals surface area contributed by atoms with Gasteiger partial charge in [-0.25, -0.2) is 0 Å². The van der Waals surface area contributed by atoms with Gasteiger partial charge in [-0.3, -0.25) is 0 Å². The molecule has 338 valence electrons. The zero-order valence-electron chi connectivity index (χ0n) is 41.2. The van der Waals surface area contributed by atoms with Crippen LogP contribution in [0.5, 0.6) is 11.5 Å². The van der Waals surface area contributed by atoms with Gasteiger partial charge < -0.3 is 4.74 Å². The number of benzene rings is 9. The van der Waals surface area contributed by atoms with Gasteiger partial charge in [0.05, 0.1) is 10.8 Å². The summed E-state index contributed by atoms with van der Waals surface area (Å²) in [6.45, 7) is 16.5. The van der Waals surface area contributed by atoms with E-state index in [2.05, 4.69) is 243 Å². The number of rotatable bonds is 2. The van der Waals surface area contributed by atoms with Crippen molar-refractivity contribution in [3.05, 3.63) is 261 Å². The molecule has 0 aromatic heterocycles. The molecule has 2 spiro atoms. The molecule has 1 atom stereocenters. The summed E-state index contributed by atoms with van der Waals surface area (Å²) in [6, 6.07) is 69.6. The van der Waals surface area contributed by atoms with E-state index in [4.69, 9.17) is 4.74 Å². The third-order valence-corrected chi connectivity index (χ3v) is 16.9. The van der Waals surface area contributed by atoms with E-state index in [9.17, 15) is 0 Å². The first-order valence-electron chi connectivity index (χ1n) is 25.4. The van der Waals surface area contributed by atoms with Crippen molar-refractivity contribution < 1.29 is 4.74 Å². The van der Waals surface area contributed by atoms with Crippen LogP contribution in [0.4, 0.5) is 0 Å². The molecule has 4 aliphatic carbocycles. The summed E-state index contributed by atoms with van der Waals surface area (Å²) >= 11 is 0. The minimum atomic E-state index is -0.558. The molecule has 0 fully saturated rings. The molecule has 1 heteroatoms. The Labute approximate surface area is 412 Å². The topological polar surface area (TPSA) is 9.23 Å². The molecule has 9 aromatic rings. The molecule has 0 bridgehead atoms. The summed E-state index contributed by atoms with van der Waals surface area (Å²) in [5, 5.41) is 2.34. The van der Waals surface area contributed by atoms with Gasteiger partial charge in [-0.05, 0) is 141 Å². The Kier molecular flexibility index (Phi) is 8.48. The Hall–Kier alpha value is -7.48. The number of ether oxygens (including phenoxy) is 1. The summed E-state index contributed by atoms with van der Waals surface area (Å²) in [5.41, 5.74) is 25.5. The number of para-hydroxylation sites is 1. The summed E-state index contributed by atoms with van der Waals surface area (Å²) in [7, 11) is 0. The highest BCUT2D eigenvalue weighted by Gasteiger charge is 2.54. The molecule has 0 amide bonds. The van der Waals surface area contributed by atoms with Crippen LogP contribution in [-0.2, 0) is 21.7 Å². The maximum absolute atomic E-state index is 7.15. The van der Waals surface area contributed by atoms with E-state index in [1.807, 2.05) is 0 Å². The van der Waals surface area contributed by atoms with Gasteiger partial charge in [0, 0.05) is 16.5 Å². The van der Waals surface area contributed by atoms with Gasteiger partial charge in [-0.15, -0.1) is 0 Å². The van der Waals surface area contributed by atoms with Crippen molar-refractivity contribution in [2.45, 2.75) is 76.5 Å². The molecule has 0 N–H and O–H groups in total. The van der Waals surface area contributed by atoms with Crippen LogP contribution in [0, 0.1) is 5.92 Å². The first-order chi connectivity index (χ1) is 33.9. The zero-order chi connectivity index (χ0) is 47.5. The first-order valence-corrected chi connectivity index (χ1v) is 25.4. The molecule has 0 radical (unpaired) electrons. The lowest BCUT2D eigenvalue weighted by Gasteiger charge is -2.40. The molecule has 0 saturated heterocycles. The second-order valence-corrected chi connectivity index (χ2v) is 22.7. The van der Waals surface area contributed by atoms with Crippen LogP contribution in [-0.4, -0.2) is 0 Å². The van der Waals surface area contributed by atoms with Crippen molar-refractivity contribution in [2.24, 2.45) is 5.92 Å². The molecule has 1 nitrogen and oxygen atoms in total. The van der Waals surface area contributed by atoms with E-state index in [0.29, 0.717) is 5.92 Å². The van der Waals surface area contributed by atoms with E-state index in [1.165, 1.54) is 117 Å². The predicted octanol–water partition coefficient (Wildman–Crippen LogP) is 17.8. The number of hydrogen-bond acceptors (Lipinski definition) is 1. The molecule has 5 aliphatic rings. The highest BCUT2D eigenvalue weighted by Crippen LogP contribution is 2.66. The normalized spacial score (nSPS) is 17.1. The van der Waals surface area contributed by atoms with E-state index >= 15 is 0 Å². The summed E-state index contributed by atoms with van der Waals surface area (Å²) < 4.78 is 7.15. The fourth-order valence-electron chi connectivity index (χ4n) is 13.6. The SMILES string of the molecule is CC1CC=C(c2cc3c(c4ccccc24)Oc2ccccc2C32c3ccccc3-c3ccccc32)C=C1c1cccc2c1-c1ccccc1C21c2cc(C(C)(C)C)ccc2-c2ccc(C(C)(C)C)cc21. The van der Waals surface area contributed by atoms with Gasteiger partial charge in [-0.1, -0.05) is 230 Å². The highest BCUT2D eigenvalue weighted by molar-refractivity contribution is 6.06. The Morgan fingerprint density at radius 3 is 1.53 bits per heavy atom. The van der Waals surface area contributed by atoms with Gasteiger partial charge in [0.25, 0.3) is 0 Å². The maximum atomic E-state index is 7.15. The van der Waals surface area contributed by atoms with E-state index in [-0.39, 0.29) is 10.8 Å². The first kappa shape index (κ1) is 41.5. The Bertz CT molecular complexity index is 3710. The Morgan fingerprint density at radius 2 is 0.900 bits per heavy atom. The summed E-state index contributed by atoms with van der Waals surface area (Å²) in [6.07, 6.45) is 6.00. The van der Waals surface area contributed by atoms with Crippen molar-refractivity contribution in [1.29, 1.82) is 0 Å². The van der Waals surface area contributed by atoms with Crippen molar-refractivity contribution in [3.8, 4) is 44.9 Å². The summed E-state index contributed by atoms with van der Waals surface area (Å²) in [4.78, 5) is 0. The minimum absolute atomic E-state index is 0.00398. The van der Waals surface area contributed by atoms with Gasteiger partial charge in [-0.2, -0.15) is 0 Å². The van der Waals surface area contributed by atoms with Crippen LogP contribution >= 0.6 is 0 Å². The zero-order valence-corrected chi connectivity index (χ0v) is 41.2. The lowest BCUT2D eigenvalue weighted by molar-refractivity contribution is 0.441. The minimum Gasteiger partial charge on any atom is -0.456 e. The standard InChI is InChI=1S/C69H56O/c1-41-31-32-42(54-40-62-65(51-22-9-8-19-45(51)54)70-63-30-17-16-28-58(63)68(62)55-25-13-10-20-46(55)47-21-11-14-26-56(47)68)37-53(41)50-24-18-29-59-64(50)52-23-12-15-27-57(52)69(59)60-38-43(66(2,3)4)33-35-48(60)49-36-34-44(39-61(49)69)67(5,6)7/h8-30,32-41H,31H2,1-7H3. The highest BCUT2D eigenvalue weighted by atomic mass is 16.5. The molecule has 1 aliphatic heterocycles. The molecular weight excluding hydrogens is 845 g/mol. The largest absolute Gasteiger partial charge is 0.456 e. The maximum Gasteiger partial charge on any atom is 0.140 e. The molecule has 9 aromatic carbocycles. The van der Waals surface area contributed by atoms with Crippen LogP contribution in [0.2, 0.25) is 0 Å². The monoisotopic (exact) mass is 900 g/mol. The third-order valence-electron chi connectivity index (χ3n) is 16.9. The van der Waals surface area contributed by atoms with Crippen molar-refractivity contribution in [3.63, 3.8) is 0 Å². The van der Waals surface area contributed by atoms with Crippen molar-refractivity contribution >= 4 is 21.9 Å². The quantitative estimate of drug-likeness (QED) is 0.168. The second kappa shape index (κ2) is 14.3. The summed E-state index contributed by atoms with van der Waals surface area (Å²) in [5.74, 6) is 2.17. The molecular formula is C69H56O. The Morgan fingerprint density at radius 1 is 0.414 bits per heavy atom. The van der Waals surface area contributed by atoms with E-state index in [0.717, 1.165) is 23.3 Å². The molecule has 1 heterocycles. The molecule has 0 saturated carbocycles. The van der Waals surface area contributed by atoms with Crippen LogP contribution in [0.25, 0.3) is 55.3 Å². The molecule has 14 rings (SSSR count). The van der Waals surface area contributed by atoms with Gasteiger partial charge in [0.1, 0.15) is 11.5 Å². The van der Waals surface area contributed by atoms with Crippen LogP contribution < -0.4 is 4.74 Å². The lowest BCUT2D eigenvalue weighted by atomic mass is 9.65. The van der Waals surface area contributed by atoms with E-state index in [1.54, 1.807) is 0 Å². The van der Waals surface area contributed by atoms with Crippen molar-refractivity contribution in [1.82, 2.24) is 0 Å². The average molecular weight is 901 g/mol. The van der Waals surface area contributed by atoms with Crippen LogP contribution in [0.1, 0.15) is 122 Å². The lowest BCUT2D eigenvalue weighted by Crippen LogP contribution is -2.32. The number of hydrogen-bond donors (Lipinski definition) is 0. The fourth-order valence-corrected chi connectivity index (χ4v) is 13.6. The number of fused-ring (bicyclic) bond motifs is 21. The molecule has 1 unspecified atom stereocenters. The predicted molar refractivity (Wildman–Crippen MR) is 291 cm³/mol. The Balaban J connectivity index is 1.01. The number of allylic oxidation sites excluding steroid dienone is 4. The average Bonchev–Trinajstić information content (AvgIpc) is 3.97. The smallest absolute Gasteiger partial charge is 0.140 e. The molecule has 70 heavy (non-hydrogen) atoms. The van der Waals surface area contributed by atoms with Gasteiger partial charge in [0.15, 0.2) is 0 Å². The van der Waals surface area contributed by atoms with Crippen LogP contribution in [0.3, 0.4) is 0 Å². The van der Waals surface area contributed by atoms with Gasteiger partial charge in [0.2, 0.25) is 0 Å². The van der Waals surface area contributed by atoms with Crippen LogP contribution in [0.15, 0.2) is 194 Å². The third kappa shape index (κ3) is 5.33. The second-order valence-electron chi connectivity index (χ2n) is 22.7.